The summed E-state index contributed by atoms with van der Waals surface area (Å²) in [6, 6.07) is 0. The summed E-state index contributed by atoms with van der Waals surface area (Å²) in [4.78, 5) is 18.2. The molecule has 0 aromatic heterocycles. The first-order chi connectivity index (χ1) is 4.88. The average molecular weight is 224 g/mol. The van der Waals surface area contributed by atoms with E-state index in [9.17, 15) is 0 Å². The van der Waals surface area contributed by atoms with Crippen LogP contribution in [0.25, 0.3) is 0 Å². The van der Waals surface area contributed by atoms with Crippen LogP contribution in [0.2, 0.25) is 0 Å². The first-order valence-electron chi connectivity index (χ1n) is 2.46. The third kappa shape index (κ3) is 2710. The Morgan fingerprint density at radius 1 is 1.33 bits per heavy atom. The molecule has 5 N–H and O–H groups in total. The van der Waals surface area contributed by atoms with Crippen LogP contribution >= 0.6 is 25.3 Å². The second-order valence-corrected chi connectivity index (χ2v) is 1.87. The van der Waals surface area contributed by atoms with Crippen molar-refractivity contribution in [1.82, 2.24) is 0 Å². The molecule has 0 aliphatic heterocycles. The predicted molar refractivity (Wildman–Crippen MR) is 51.0 cm³/mol. The summed E-state index contributed by atoms with van der Waals surface area (Å²) in [7, 11) is 0. The molecule has 0 saturated carbocycles. The van der Waals surface area contributed by atoms with Gasteiger partial charge in [0.1, 0.15) is 0 Å². The number of carbonyl (C=O) groups excluding carboxylic acids is 2. The van der Waals surface area contributed by atoms with Crippen molar-refractivity contribution >= 4 is 35.7 Å². The fraction of sp³-hybridized carbons (Fsp3) is 0.500. The Morgan fingerprint density at radius 2 is 1.33 bits per heavy atom. The zero-order valence-electron chi connectivity index (χ0n) is 8.02. The Balaban J connectivity index is -0.0000000231. The quantitative estimate of drug-likeness (QED) is 0.225. The molecule has 0 aromatic carbocycles. The van der Waals surface area contributed by atoms with Gasteiger partial charge in [0.05, 0.1) is 0 Å². The van der Waals surface area contributed by atoms with Crippen molar-refractivity contribution in [2.75, 3.05) is 6.61 Å². The standard InChI is InChI=1S/C2H6O.2CH3NOS.Na.H/c1-2-3;2*2-1(3)4;;/h3H,2H2,1H3;2*(H3,2,3,4);;/q;;;+1;-1. The second kappa shape index (κ2) is 22.6. The fourth-order valence-corrected chi connectivity index (χ4v) is 0. The van der Waals surface area contributed by atoms with E-state index in [2.05, 4.69) is 36.7 Å². The molecule has 0 atom stereocenters. The molecule has 0 fully saturated rings. The minimum Gasteiger partial charge on any atom is -1.00 e. The van der Waals surface area contributed by atoms with E-state index in [-0.39, 0.29) is 37.6 Å². The number of primary amides is 2. The topological polar surface area (TPSA) is 106 Å². The fourth-order valence-electron chi connectivity index (χ4n) is 0. The number of hydrogen-bond acceptors (Lipinski definition) is 3. The van der Waals surface area contributed by atoms with E-state index < -0.39 is 10.5 Å². The van der Waals surface area contributed by atoms with Crippen molar-refractivity contribution in [3.63, 3.8) is 0 Å². The number of rotatable bonds is 0. The SMILES string of the molecule is CCO.NC(=O)S.NC(=O)S.[H-].[Na+]. The number of thiol groups is 2. The maximum atomic E-state index is 9.09. The van der Waals surface area contributed by atoms with E-state index in [1.807, 2.05) is 0 Å². The molecule has 0 spiro atoms. The van der Waals surface area contributed by atoms with Crippen molar-refractivity contribution in [3.8, 4) is 0 Å². The van der Waals surface area contributed by atoms with Gasteiger partial charge in [-0.1, -0.05) is 25.3 Å². The molecule has 0 radical (unpaired) electrons. The first kappa shape index (κ1) is 22.9. The molecule has 0 rings (SSSR count). The minimum absolute atomic E-state index is 0. The molecular weight excluding hydrogens is 211 g/mol. The van der Waals surface area contributed by atoms with Crippen LogP contribution in [0, 0.1) is 0 Å². The second-order valence-electron chi connectivity index (χ2n) is 0.993. The van der Waals surface area contributed by atoms with Gasteiger partial charge in [-0.05, 0) is 6.92 Å². The van der Waals surface area contributed by atoms with Crippen LogP contribution in [0.3, 0.4) is 0 Å². The van der Waals surface area contributed by atoms with Crippen LogP contribution in [-0.2, 0) is 0 Å². The van der Waals surface area contributed by atoms with Gasteiger partial charge in [-0.3, -0.25) is 9.59 Å². The monoisotopic (exact) mass is 224 g/mol. The summed E-state index contributed by atoms with van der Waals surface area (Å²) < 4.78 is 0. The van der Waals surface area contributed by atoms with Gasteiger partial charge in [-0.2, -0.15) is 0 Å². The molecule has 0 bridgehead atoms. The van der Waals surface area contributed by atoms with Crippen LogP contribution < -0.4 is 41.0 Å². The van der Waals surface area contributed by atoms with E-state index in [1.54, 1.807) is 6.92 Å². The smallest absolute Gasteiger partial charge is 1.00 e. The molecule has 12 heavy (non-hydrogen) atoms. The molecule has 8 heteroatoms. The summed E-state index contributed by atoms with van der Waals surface area (Å²) in [5, 5.41) is 6.29. The zero-order chi connectivity index (χ0) is 9.86. The van der Waals surface area contributed by atoms with Crippen LogP contribution in [0.1, 0.15) is 8.35 Å². The maximum absolute atomic E-state index is 9.09. The van der Waals surface area contributed by atoms with E-state index in [4.69, 9.17) is 14.7 Å². The van der Waals surface area contributed by atoms with Crippen LogP contribution in [0.5, 0.6) is 0 Å². The molecule has 0 aliphatic carbocycles. The molecule has 0 aliphatic rings. The molecule has 0 heterocycles. The zero-order valence-corrected chi connectivity index (χ0v) is 10.8. The van der Waals surface area contributed by atoms with Crippen molar-refractivity contribution < 1.29 is 45.7 Å². The van der Waals surface area contributed by atoms with Gasteiger partial charge in [0.2, 0.25) is 0 Å². The van der Waals surface area contributed by atoms with Gasteiger partial charge in [0, 0.05) is 6.61 Å². The van der Waals surface area contributed by atoms with Crippen LogP contribution in [0.15, 0.2) is 0 Å². The van der Waals surface area contributed by atoms with Crippen LogP contribution in [0.4, 0.5) is 9.59 Å². The Morgan fingerprint density at radius 3 is 1.33 bits per heavy atom. The first-order valence-corrected chi connectivity index (χ1v) is 3.35. The third-order valence-corrected chi connectivity index (χ3v) is 0. The summed E-state index contributed by atoms with van der Waals surface area (Å²) in [6.07, 6.45) is 0. The Hall–Kier alpha value is 0.600. The molecule has 0 aromatic rings. The summed E-state index contributed by atoms with van der Waals surface area (Å²) in [6.45, 7) is 1.93. The summed E-state index contributed by atoms with van der Waals surface area (Å²) >= 11 is 6.21. The molecule has 0 unspecified atom stereocenters. The normalized spacial score (nSPS) is 5.67. The van der Waals surface area contributed by atoms with Crippen molar-refractivity contribution in [2.45, 2.75) is 6.92 Å². The Bertz CT molecular complexity index is 99.6. The van der Waals surface area contributed by atoms with Gasteiger partial charge >= 0.3 is 29.6 Å². The van der Waals surface area contributed by atoms with Crippen molar-refractivity contribution in [2.24, 2.45) is 11.5 Å². The number of aliphatic hydroxyl groups is 1. The number of hydrogen-bond donors (Lipinski definition) is 5. The van der Waals surface area contributed by atoms with Crippen LogP contribution in [-0.4, -0.2) is 22.2 Å². The Kier molecular flexibility index (Phi) is 43.1. The number of nitrogens with two attached hydrogens (primary N) is 2. The Labute approximate surface area is 106 Å². The van der Waals surface area contributed by atoms with Gasteiger partial charge in [0.25, 0.3) is 10.5 Å². The largest absolute Gasteiger partial charge is 1.00 e. The van der Waals surface area contributed by atoms with Gasteiger partial charge < -0.3 is 18.0 Å². The van der Waals surface area contributed by atoms with Crippen molar-refractivity contribution in [1.29, 1.82) is 0 Å². The predicted octanol–water partition coefficient (Wildman–Crippen LogP) is -2.90. The number of amides is 2. The van der Waals surface area contributed by atoms with E-state index >= 15 is 0 Å². The van der Waals surface area contributed by atoms with E-state index in [0.717, 1.165) is 0 Å². The number of carbonyl (C=O) groups is 2. The van der Waals surface area contributed by atoms with Gasteiger partial charge in [-0.15, -0.1) is 0 Å². The van der Waals surface area contributed by atoms with Gasteiger partial charge in [-0.25, -0.2) is 0 Å². The third-order valence-electron chi connectivity index (χ3n) is 0. The summed E-state index contributed by atoms with van der Waals surface area (Å²) in [5.41, 5.74) is 8.67. The minimum atomic E-state index is -0.639. The molecule has 2 amide bonds. The number of aliphatic hydroxyl groups excluding tert-OH is 1. The summed E-state index contributed by atoms with van der Waals surface area (Å²) in [5.74, 6) is 0. The van der Waals surface area contributed by atoms with Crippen molar-refractivity contribution in [3.05, 3.63) is 0 Å². The molecular formula is C4H13N2NaO3S2. The van der Waals surface area contributed by atoms with Gasteiger partial charge in [0.15, 0.2) is 0 Å². The molecule has 0 saturated heterocycles. The van der Waals surface area contributed by atoms with E-state index in [1.165, 1.54) is 0 Å². The maximum Gasteiger partial charge on any atom is 1.00 e. The molecule has 70 valence electrons. The average Bonchev–Trinajstić information content (AvgIpc) is 1.60. The molecule has 5 nitrogen and oxygen atoms in total. The van der Waals surface area contributed by atoms with E-state index in [0.29, 0.717) is 0 Å².